The van der Waals surface area contributed by atoms with E-state index in [1.807, 2.05) is 0 Å². The third-order valence-electron chi connectivity index (χ3n) is 8.27. The highest BCUT2D eigenvalue weighted by Gasteiger charge is 2.17. The molecule has 0 amide bonds. The van der Waals surface area contributed by atoms with E-state index in [4.69, 9.17) is 4.42 Å². The fraction of sp³-hybridized carbons (Fsp3) is 0. The normalized spacial score (nSPS) is 12.1. The molecular formula is C36H22N2OS2. The number of benzene rings is 6. The maximum atomic E-state index is 6.34. The molecule has 0 fully saturated rings. The lowest BCUT2D eigenvalue weighted by Gasteiger charge is -2.09. The summed E-state index contributed by atoms with van der Waals surface area (Å²) in [7, 11) is 0. The summed E-state index contributed by atoms with van der Waals surface area (Å²) >= 11 is 9.24. The Bertz CT molecular complexity index is 2340. The summed E-state index contributed by atoms with van der Waals surface area (Å²) in [6, 6.07) is 42.8. The van der Waals surface area contributed by atoms with Gasteiger partial charge in [-0.25, -0.2) is 0 Å². The van der Waals surface area contributed by atoms with Crippen LogP contribution in [-0.2, 0) is 0 Å². The first-order chi connectivity index (χ1) is 20.1. The molecule has 3 aromatic heterocycles. The van der Waals surface area contributed by atoms with Crippen molar-refractivity contribution in [3.05, 3.63) is 121 Å². The topological polar surface area (TPSA) is 23.0 Å². The van der Waals surface area contributed by atoms with Gasteiger partial charge in [0.2, 0.25) is 0 Å². The molecule has 0 spiro atoms. The van der Waals surface area contributed by atoms with Crippen LogP contribution in [0.15, 0.2) is 136 Å². The average Bonchev–Trinajstić information content (AvgIpc) is 3.64. The maximum absolute atomic E-state index is 6.34. The first kappa shape index (κ1) is 23.2. The van der Waals surface area contributed by atoms with E-state index in [2.05, 4.69) is 156 Å². The van der Waals surface area contributed by atoms with Gasteiger partial charge in [-0.3, -0.25) is 0 Å². The molecule has 0 aliphatic heterocycles. The first-order valence-corrected chi connectivity index (χ1v) is 14.4. The van der Waals surface area contributed by atoms with Crippen molar-refractivity contribution < 1.29 is 4.42 Å². The van der Waals surface area contributed by atoms with Crippen LogP contribution in [0.2, 0.25) is 0 Å². The lowest BCUT2D eigenvalue weighted by Crippen LogP contribution is -1.94. The van der Waals surface area contributed by atoms with E-state index in [-0.39, 0.29) is 0 Å². The molecule has 194 valence electrons. The molecule has 5 heteroatoms. The van der Waals surface area contributed by atoms with Gasteiger partial charge in [-0.15, -0.1) is 25.3 Å². The standard InChI is InChI=1S/C36H22N2OS2/c40-23-11-13-33-27(19-23)25-5-1-3-7-31(25)37(33)21-9-15-35-29(17-21)30-18-22(10-16-36(30)39-35)38-32-8-4-2-6-26(32)28-20-24(41)12-14-34(28)38/h1-20,40-41H. The summed E-state index contributed by atoms with van der Waals surface area (Å²) in [4.78, 5) is 1.92. The molecule has 6 aromatic carbocycles. The molecule has 0 saturated carbocycles. The van der Waals surface area contributed by atoms with Crippen LogP contribution in [0, 0.1) is 0 Å². The van der Waals surface area contributed by atoms with Crippen molar-refractivity contribution in [3.8, 4) is 11.4 Å². The Morgan fingerprint density at radius 2 is 0.829 bits per heavy atom. The second kappa shape index (κ2) is 8.46. The number of furan rings is 1. The molecule has 0 unspecified atom stereocenters. The zero-order chi connectivity index (χ0) is 27.2. The predicted octanol–water partition coefficient (Wildman–Crippen LogP) is 10.4. The second-order valence-corrected chi connectivity index (χ2v) is 11.6. The van der Waals surface area contributed by atoms with Crippen LogP contribution in [0.25, 0.3) is 76.9 Å². The molecule has 0 aliphatic rings. The van der Waals surface area contributed by atoms with E-state index in [1.165, 1.54) is 32.6 Å². The van der Waals surface area contributed by atoms with Gasteiger partial charge in [0, 0.05) is 53.5 Å². The highest BCUT2D eigenvalue weighted by molar-refractivity contribution is 7.80. The Balaban J connectivity index is 1.31. The summed E-state index contributed by atoms with van der Waals surface area (Å²) in [5.74, 6) is 0. The molecule has 41 heavy (non-hydrogen) atoms. The van der Waals surface area contributed by atoms with E-state index in [0.717, 1.165) is 54.1 Å². The fourth-order valence-corrected chi connectivity index (χ4v) is 6.92. The molecule has 0 atom stereocenters. The van der Waals surface area contributed by atoms with E-state index in [1.54, 1.807) is 0 Å². The van der Waals surface area contributed by atoms with Gasteiger partial charge in [-0.1, -0.05) is 36.4 Å². The molecule has 3 heterocycles. The highest BCUT2D eigenvalue weighted by Crippen LogP contribution is 2.38. The monoisotopic (exact) mass is 562 g/mol. The Labute approximate surface area is 246 Å². The molecule has 0 aliphatic carbocycles. The van der Waals surface area contributed by atoms with Crippen LogP contribution in [-0.4, -0.2) is 9.13 Å². The molecule has 0 radical (unpaired) electrons. The largest absolute Gasteiger partial charge is 0.456 e. The van der Waals surface area contributed by atoms with Crippen molar-refractivity contribution in [2.45, 2.75) is 9.79 Å². The first-order valence-electron chi connectivity index (χ1n) is 13.6. The van der Waals surface area contributed by atoms with E-state index >= 15 is 0 Å². The smallest absolute Gasteiger partial charge is 0.135 e. The maximum Gasteiger partial charge on any atom is 0.135 e. The van der Waals surface area contributed by atoms with Crippen molar-refractivity contribution in [1.82, 2.24) is 9.13 Å². The lowest BCUT2D eigenvalue weighted by molar-refractivity contribution is 0.669. The number of aromatic nitrogens is 2. The number of rotatable bonds is 2. The van der Waals surface area contributed by atoms with Crippen molar-refractivity contribution in [1.29, 1.82) is 0 Å². The fourth-order valence-electron chi connectivity index (χ4n) is 6.51. The van der Waals surface area contributed by atoms with Crippen molar-refractivity contribution in [3.63, 3.8) is 0 Å². The minimum absolute atomic E-state index is 0.876. The van der Waals surface area contributed by atoms with Gasteiger partial charge in [-0.05, 0) is 84.9 Å². The zero-order valence-corrected chi connectivity index (χ0v) is 23.5. The second-order valence-electron chi connectivity index (χ2n) is 10.6. The van der Waals surface area contributed by atoms with Crippen LogP contribution in [0.5, 0.6) is 0 Å². The zero-order valence-electron chi connectivity index (χ0n) is 21.7. The van der Waals surface area contributed by atoms with Gasteiger partial charge in [0.05, 0.1) is 22.1 Å². The molecule has 0 saturated heterocycles. The van der Waals surface area contributed by atoms with Gasteiger partial charge in [0.25, 0.3) is 0 Å². The number of thiol groups is 2. The SMILES string of the molecule is Sc1ccc2c(c1)c1ccccc1n2-c1ccc2oc3ccc(-n4c5ccccc5c5cc(S)ccc54)cc3c2c1. The Kier molecular flexibility index (Phi) is 4.78. The molecule has 9 rings (SSSR count). The van der Waals surface area contributed by atoms with Gasteiger partial charge >= 0.3 is 0 Å². The van der Waals surface area contributed by atoms with Crippen LogP contribution in [0.3, 0.4) is 0 Å². The summed E-state index contributed by atoms with van der Waals surface area (Å²) in [6.45, 7) is 0. The summed E-state index contributed by atoms with van der Waals surface area (Å²) < 4.78 is 11.0. The van der Waals surface area contributed by atoms with Crippen LogP contribution in [0.1, 0.15) is 0 Å². The summed E-state index contributed by atoms with van der Waals surface area (Å²) in [5, 5.41) is 7.01. The minimum Gasteiger partial charge on any atom is -0.456 e. The van der Waals surface area contributed by atoms with Crippen LogP contribution >= 0.6 is 25.3 Å². The molecule has 3 nitrogen and oxygen atoms in total. The molecule has 9 aromatic rings. The van der Waals surface area contributed by atoms with Crippen molar-refractivity contribution >= 4 is 90.8 Å². The Hall–Kier alpha value is -4.58. The predicted molar refractivity (Wildman–Crippen MR) is 177 cm³/mol. The van der Waals surface area contributed by atoms with Crippen molar-refractivity contribution in [2.24, 2.45) is 0 Å². The number of hydrogen-bond acceptors (Lipinski definition) is 3. The van der Waals surface area contributed by atoms with Crippen LogP contribution in [0.4, 0.5) is 0 Å². The average molecular weight is 563 g/mol. The van der Waals surface area contributed by atoms with Gasteiger partial charge in [-0.2, -0.15) is 0 Å². The van der Waals surface area contributed by atoms with E-state index in [9.17, 15) is 0 Å². The quantitative estimate of drug-likeness (QED) is 0.201. The third-order valence-corrected chi connectivity index (χ3v) is 8.82. The third kappa shape index (κ3) is 3.30. The van der Waals surface area contributed by atoms with Gasteiger partial charge in [0.1, 0.15) is 11.2 Å². The number of nitrogens with zero attached hydrogens (tertiary/aromatic N) is 2. The Morgan fingerprint density at radius 1 is 0.390 bits per heavy atom. The highest BCUT2D eigenvalue weighted by atomic mass is 32.1. The number of para-hydroxylation sites is 2. The van der Waals surface area contributed by atoms with E-state index < -0.39 is 0 Å². The summed E-state index contributed by atoms with van der Waals surface area (Å²) in [6.07, 6.45) is 0. The molecule has 0 bridgehead atoms. The van der Waals surface area contributed by atoms with Crippen LogP contribution < -0.4 is 0 Å². The van der Waals surface area contributed by atoms with Gasteiger partial charge in [0.15, 0.2) is 0 Å². The minimum atomic E-state index is 0.876. The number of hydrogen-bond donors (Lipinski definition) is 2. The number of fused-ring (bicyclic) bond motifs is 9. The van der Waals surface area contributed by atoms with E-state index in [0.29, 0.717) is 0 Å². The summed E-state index contributed by atoms with van der Waals surface area (Å²) in [5.41, 5.74) is 8.61. The lowest BCUT2D eigenvalue weighted by atomic mass is 10.1. The molecular weight excluding hydrogens is 541 g/mol. The van der Waals surface area contributed by atoms with Crippen molar-refractivity contribution in [2.75, 3.05) is 0 Å². The molecule has 0 N–H and O–H groups in total. The Morgan fingerprint density at radius 3 is 1.32 bits per heavy atom. The van der Waals surface area contributed by atoms with Gasteiger partial charge < -0.3 is 13.6 Å².